The normalized spacial score (nSPS) is 23.2. The maximum Gasteiger partial charge on any atom is 0.407 e. The number of ether oxygens (including phenoxy) is 2. The summed E-state index contributed by atoms with van der Waals surface area (Å²) in [6, 6.07) is 5.10. The van der Waals surface area contributed by atoms with Crippen molar-refractivity contribution in [3.8, 4) is 5.75 Å². The minimum atomic E-state index is -3.70. The number of nitrogens with one attached hydrogen (secondary N) is 1. The lowest BCUT2D eigenvalue weighted by Gasteiger charge is -2.38. The van der Waals surface area contributed by atoms with E-state index in [2.05, 4.69) is 5.32 Å². The number of benzene rings is 1. The molecule has 9 nitrogen and oxygen atoms in total. The molecule has 198 valence electrons. The van der Waals surface area contributed by atoms with Crippen molar-refractivity contribution >= 4 is 39.7 Å². The third kappa shape index (κ3) is 6.33. The summed E-state index contributed by atoms with van der Waals surface area (Å²) < 4.78 is 38.8. The molecule has 2 heterocycles. The molecule has 0 spiro atoms. The number of rotatable bonds is 4. The van der Waals surface area contributed by atoms with Crippen molar-refractivity contribution < 1.29 is 27.5 Å². The van der Waals surface area contributed by atoms with Crippen LogP contribution in [0.25, 0.3) is 6.08 Å². The summed E-state index contributed by atoms with van der Waals surface area (Å²) in [6.45, 7) is 6.62. The van der Waals surface area contributed by atoms with Crippen LogP contribution in [0.15, 0.2) is 23.1 Å². The minimum absolute atomic E-state index is 0.00182. The number of carbonyl (C=O) groups excluding carboxylic acids is 2. The van der Waals surface area contributed by atoms with Crippen LogP contribution in [0.2, 0.25) is 5.02 Å². The Labute approximate surface area is 217 Å². The van der Waals surface area contributed by atoms with E-state index in [1.54, 1.807) is 29.2 Å². The van der Waals surface area contributed by atoms with Gasteiger partial charge in [0.15, 0.2) is 0 Å². The molecular weight excluding hydrogens is 506 g/mol. The fraction of sp³-hybridized carbons (Fsp3) is 0.600. The van der Waals surface area contributed by atoms with Crippen LogP contribution in [0.1, 0.15) is 52.0 Å². The van der Waals surface area contributed by atoms with Crippen LogP contribution in [0, 0.1) is 5.92 Å². The molecule has 2 amide bonds. The third-order valence-electron chi connectivity index (χ3n) is 6.68. The fourth-order valence-corrected chi connectivity index (χ4v) is 6.42. The second-order valence-corrected chi connectivity index (χ2v) is 12.9. The minimum Gasteiger partial charge on any atom is -0.487 e. The Morgan fingerprint density at radius 2 is 1.75 bits per heavy atom. The van der Waals surface area contributed by atoms with Gasteiger partial charge in [-0.1, -0.05) is 11.6 Å². The Kier molecular flexibility index (Phi) is 7.87. The zero-order chi connectivity index (χ0) is 26.1. The van der Waals surface area contributed by atoms with Crippen molar-refractivity contribution in [2.75, 3.05) is 32.8 Å². The van der Waals surface area contributed by atoms with Crippen LogP contribution in [0.3, 0.4) is 0 Å². The lowest BCUT2D eigenvalue weighted by atomic mass is 9.85. The van der Waals surface area contributed by atoms with Gasteiger partial charge in [0.2, 0.25) is 15.9 Å². The number of hydrogen-bond acceptors (Lipinski definition) is 6. The molecule has 0 unspecified atom stereocenters. The number of carbonyl (C=O) groups is 2. The summed E-state index contributed by atoms with van der Waals surface area (Å²) in [5.74, 6) is 0.518. The molecule has 36 heavy (non-hydrogen) atoms. The number of hydrogen-bond donors (Lipinski definition) is 1. The molecule has 0 radical (unpaired) electrons. The molecule has 1 aromatic carbocycles. The average Bonchev–Trinajstić information content (AvgIpc) is 2.82. The Balaban J connectivity index is 1.27. The number of alkyl carbamates (subject to hydrolysis) is 1. The van der Waals surface area contributed by atoms with Crippen molar-refractivity contribution in [3.05, 3.63) is 33.7 Å². The highest BCUT2D eigenvalue weighted by Gasteiger charge is 2.36. The summed E-state index contributed by atoms with van der Waals surface area (Å²) in [7, 11) is -3.70. The molecule has 0 atom stereocenters. The highest BCUT2D eigenvalue weighted by molar-refractivity contribution is 7.93. The van der Waals surface area contributed by atoms with Crippen molar-refractivity contribution in [2.45, 2.75) is 58.1 Å². The van der Waals surface area contributed by atoms with Gasteiger partial charge in [-0.05, 0) is 70.7 Å². The van der Waals surface area contributed by atoms with Crippen molar-refractivity contribution in [3.63, 3.8) is 0 Å². The SMILES string of the molecule is CC(C)(C)OC(=O)N[C@H]1CC[C@H](C(=O)N2CCN(S(=O)(=O)C3=Cc4ccc(Cl)cc4OC3)CC2)CC1. The number of halogens is 1. The molecule has 1 saturated heterocycles. The van der Waals surface area contributed by atoms with E-state index in [9.17, 15) is 18.0 Å². The number of nitrogens with zero attached hydrogens (tertiary/aromatic N) is 2. The van der Waals surface area contributed by atoms with E-state index in [1.807, 2.05) is 20.8 Å². The molecule has 1 N–H and O–H groups in total. The molecule has 2 aliphatic heterocycles. The highest BCUT2D eigenvalue weighted by Crippen LogP contribution is 2.32. The van der Waals surface area contributed by atoms with Crippen molar-refractivity contribution in [1.82, 2.24) is 14.5 Å². The standard InChI is InChI=1S/C25H34ClN3O6S/c1-25(2,3)35-24(31)27-20-8-5-17(6-9-20)23(30)28-10-12-29(13-11-28)36(32,33)21-14-18-4-7-19(26)15-22(18)34-16-21/h4,7,14-15,17,20H,5-6,8-13,16H2,1-3H3,(H,27,31)/t17-,20-. The molecule has 1 saturated carbocycles. The van der Waals surface area contributed by atoms with Crippen LogP contribution in [-0.2, 0) is 19.6 Å². The molecule has 1 aliphatic carbocycles. The van der Waals surface area contributed by atoms with Gasteiger partial charge in [0.1, 0.15) is 18.0 Å². The first-order valence-corrected chi connectivity index (χ1v) is 14.2. The number of amides is 2. The van der Waals surface area contributed by atoms with Crippen molar-refractivity contribution in [1.29, 1.82) is 0 Å². The van der Waals surface area contributed by atoms with E-state index >= 15 is 0 Å². The zero-order valence-electron chi connectivity index (χ0n) is 21.0. The van der Waals surface area contributed by atoms with Crippen LogP contribution in [0.4, 0.5) is 4.79 Å². The monoisotopic (exact) mass is 539 g/mol. The van der Waals surface area contributed by atoms with Crippen LogP contribution in [0.5, 0.6) is 5.75 Å². The van der Waals surface area contributed by atoms with E-state index in [1.165, 1.54) is 4.31 Å². The predicted molar refractivity (Wildman–Crippen MR) is 137 cm³/mol. The molecule has 0 aromatic heterocycles. The zero-order valence-corrected chi connectivity index (χ0v) is 22.5. The van der Waals surface area contributed by atoms with Gasteiger partial charge in [-0.15, -0.1) is 0 Å². The lowest BCUT2D eigenvalue weighted by Crippen LogP contribution is -2.53. The van der Waals surface area contributed by atoms with Gasteiger partial charge >= 0.3 is 6.09 Å². The summed E-state index contributed by atoms with van der Waals surface area (Å²) >= 11 is 5.99. The van der Waals surface area contributed by atoms with E-state index in [0.717, 1.165) is 0 Å². The largest absolute Gasteiger partial charge is 0.487 e. The third-order valence-corrected chi connectivity index (χ3v) is 8.86. The van der Waals surface area contributed by atoms with Crippen molar-refractivity contribution in [2.24, 2.45) is 5.92 Å². The van der Waals surface area contributed by atoms with Crippen LogP contribution < -0.4 is 10.1 Å². The summed E-state index contributed by atoms with van der Waals surface area (Å²) in [4.78, 5) is 27.1. The quantitative estimate of drug-likeness (QED) is 0.626. The molecule has 2 fully saturated rings. The first-order chi connectivity index (χ1) is 16.9. The summed E-state index contributed by atoms with van der Waals surface area (Å²) in [5.41, 5.74) is 0.126. The lowest BCUT2D eigenvalue weighted by molar-refractivity contribution is -0.137. The second-order valence-electron chi connectivity index (χ2n) is 10.5. The van der Waals surface area contributed by atoms with E-state index in [-0.39, 0.29) is 42.5 Å². The Bertz CT molecular complexity index is 1130. The average molecular weight is 540 g/mol. The molecule has 11 heteroatoms. The number of piperazine rings is 1. The highest BCUT2D eigenvalue weighted by atomic mass is 35.5. The Hall–Kier alpha value is -2.30. The second kappa shape index (κ2) is 10.6. The van der Waals surface area contributed by atoms with Gasteiger partial charge in [0.05, 0.1) is 4.91 Å². The number of sulfonamides is 1. The summed E-state index contributed by atoms with van der Waals surface area (Å²) in [5, 5.41) is 3.43. The molecule has 1 aromatic rings. The maximum absolute atomic E-state index is 13.2. The summed E-state index contributed by atoms with van der Waals surface area (Å²) in [6.07, 6.45) is 4.00. The van der Waals surface area contributed by atoms with Crippen LogP contribution >= 0.6 is 11.6 Å². The Morgan fingerprint density at radius 1 is 1.08 bits per heavy atom. The van der Waals surface area contributed by atoms with Crippen LogP contribution in [-0.4, -0.2) is 74.1 Å². The fourth-order valence-electron chi connectivity index (χ4n) is 4.80. The topological polar surface area (TPSA) is 105 Å². The van der Waals surface area contributed by atoms with Gasteiger partial charge in [0, 0.05) is 48.7 Å². The van der Waals surface area contributed by atoms with Gasteiger partial charge in [0.25, 0.3) is 0 Å². The molecule has 3 aliphatic rings. The van der Waals surface area contributed by atoms with E-state index in [0.29, 0.717) is 55.1 Å². The number of fused-ring (bicyclic) bond motifs is 1. The first-order valence-electron chi connectivity index (χ1n) is 12.3. The van der Waals surface area contributed by atoms with Gasteiger partial charge < -0.3 is 19.7 Å². The van der Waals surface area contributed by atoms with Gasteiger partial charge in [-0.3, -0.25) is 4.79 Å². The van der Waals surface area contributed by atoms with E-state index < -0.39 is 21.7 Å². The van der Waals surface area contributed by atoms with Gasteiger partial charge in [-0.2, -0.15) is 4.31 Å². The first kappa shape index (κ1) is 26.8. The molecule has 4 rings (SSSR count). The molecule has 0 bridgehead atoms. The molecular formula is C25H34ClN3O6S. The van der Waals surface area contributed by atoms with Gasteiger partial charge in [-0.25, -0.2) is 13.2 Å². The smallest absolute Gasteiger partial charge is 0.407 e. The maximum atomic E-state index is 13.2. The predicted octanol–water partition coefficient (Wildman–Crippen LogP) is 3.63. The Morgan fingerprint density at radius 3 is 2.39 bits per heavy atom. The van der Waals surface area contributed by atoms with E-state index in [4.69, 9.17) is 21.1 Å².